The van der Waals surface area contributed by atoms with Crippen LogP contribution in [0, 0.1) is 0 Å². The molecule has 4 amide bonds. The number of amides is 4. The summed E-state index contributed by atoms with van der Waals surface area (Å²) in [7, 11) is 1.55. The molecule has 0 aliphatic carbocycles. The van der Waals surface area contributed by atoms with Crippen LogP contribution in [-0.4, -0.2) is 54.2 Å². The van der Waals surface area contributed by atoms with E-state index in [1.54, 1.807) is 31.4 Å². The maximum atomic E-state index is 12.2. The molecule has 0 radical (unpaired) electrons. The highest BCUT2D eigenvalue weighted by molar-refractivity contribution is 6.05. The SMILES string of the molecule is COc1ccc(CN2C(=O)NC(CC(=O)NCCO)C2=O)cc1. The molecule has 1 aromatic carbocycles. The number of ether oxygens (including phenoxy) is 1. The largest absolute Gasteiger partial charge is 0.497 e. The molecule has 3 N–H and O–H groups in total. The summed E-state index contributed by atoms with van der Waals surface area (Å²) in [5, 5.41) is 13.6. The van der Waals surface area contributed by atoms with Gasteiger partial charge in [0.2, 0.25) is 5.91 Å². The van der Waals surface area contributed by atoms with Crippen molar-refractivity contribution >= 4 is 17.8 Å². The Kier molecular flexibility index (Phi) is 5.53. The number of rotatable bonds is 7. The smallest absolute Gasteiger partial charge is 0.325 e. The zero-order chi connectivity index (χ0) is 16.8. The van der Waals surface area contributed by atoms with Crippen molar-refractivity contribution < 1.29 is 24.2 Å². The Morgan fingerprint density at radius 3 is 2.65 bits per heavy atom. The number of nitrogens with zero attached hydrogens (tertiary/aromatic N) is 1. The van der Waals surface area contributed by atoms with Crippen molar-refractivity contribution in [2.24, 2.45) is 0 Å². The van der Waals surface area contributed by atoms with Crippen molar-refractivity contribution in [3.63, 3.8) is 0 Å². The Labute approximate surface area is 133 Å². The summed E-state index contributed by atoms with van der Waals surface area (Å²) in [6.45, 7) is 0.0625. The predicted octanol–water partition coefficient (Wildman–Crippen LogP) is -0.386. The van der Waals surface area contributed by atoms with Crippen LogP contribution in [0.3, 0.4) is 0 Å². The van der Waals surface area contributed by atoms with Crippen LogP contribution < -0.4 is 15.4 Å². The first-order valence-electron chi connectivity index (χ1n) is 7.17. The van der Waals surface area contributed by atoms with E-state index in [9.17, 15) is 14.4 Å². The lowest BCUT2D eigenvalue weighted by molar-refractivity contribution is -0.131. The molecule has 1 saturated heterocycles. The van der Waals surface area contributed by atoms with E-state index < -0.39 is 23.9 Å². The molecule has 1 unspecified atom stereocenters. The van der Waals surface area contributed by atoms with Gasteiger partial charge in [0, 0.05) is 6.54 Å². The van der Waals surface area contributed by atoms with Gasteiger partial charge in [-0.05, 0) is 17.7 Å². The van der Waals surface area contributed by atoms with Crippen LogP contribution >= 0.6 is 0 Å². The van der Waals surface area contributed by atoms with Gasteiger partial charge in [0.25, 0.3) is 5.91 Å². The van der Waals surface area contributed by atoms with Crippen molar-refractivity contribution in [2.45, 2.75) is 19.0 Å². The molecule has 1 aliphatic rings. The number of aliphatic hydroxyl groups is 1. The van der Waals surface area contributed by atoms with E-state index in [0.717, 1.165) is 10.5 Å². The molecule has 23 heavy (non-hydrogen) atoms. The molecule has 1 heterocycles. The fraction of sp³-hybridized carbons (Fsp3) is 0.400. The third kappa shape index (κ3) is 4.19. The number of aliphatic hydroxyl groups excluding tert-OH is 1. The summed E-state index contributed by atoms with van der Waals surface area (Å²) in [6, 6.07) is 5.62. The van der Waals surface area contributed by atoms with Gasteiger partial charge in [-0.15, -0.1) is 0 Å². The van der Waals surface area contributed by atoms with Crippen molar-refractivity contribution in [1.29, 1.82) is 0 Å². The van der Waals surface area contributed by atoms with Crippen molar-refractivity contribution in [3.8, 4) is 5.75 Å². The molecule has 0 spiro atoms. The third-order valence-electron chi connectivity index (χ3n) is 3.43. The van der Waals surface area contributed by atoms with Gasteiger partial charge in [-0.3, -0.25) is 14.5 Å². The van der Waals surface area contributed by atoms with Gasteiger partial charge >= 0.3 is 6.03 Å². The second-order valence-electron chi connectivity index (χ2n) is 5.05. The van der Waals surface area contributed by atoms with Crippen LogP contribution in [0.5, 0.6) is 5.75 Å². The van der Waals surface area contributed by atoms with Crippen molar-refractivity contribution in [2.75, 3.05) is 20.3 Å². The lowest BCUT2D eigenvalue weighted by Gasteiger charge is -2.13. The Hall–Kier alpha value is -2.61. The molecule has 1 atom stereocenters. The fourth-order valence-corrected chi connectivity index (χ4v) is 2.23. The molecule has 8 nitrogen and oxygen atoms in total. The Bertz CT molecular complexity index is 587. The Balaban J connectivity index is 1.96. The number of hydrogen-bond donors (Lipinski definition) is 3. The van der Waals surface area contributed by atoms with Gasteiger partial charge in [-0.2, -0.15) is 0 Å². The molecular weight excluding hydrogens is 302 g/mol. The minimum Gasteiger partial charge on any atom is -0.497 e. The van der Waals surface area contributed by atoms with E-state index in [1.165, 1.54) is 0 Å². The van der Waals surface area contributed by atoms with E-state index >= 15 is 0 Å². The van der Waals surface area contributed by atoms with Crippen LogP contribution in [0.25, 0.3) is 0 Å². The van der Waals surface area contributed by atoms with Gasteiger partial charge in [-0.1, -0.05) is 12.1 Å². The average Bonchev–Trinajstić information content (AvgIpc) is 2.81. The first-order valence-corrected chi connectivity index (χ1v) is 7.17. The van der Waals surface area contributed by atoms with E-state index in [0.29, 0.717) is 5.75 Å². The van der Waals surface area contributed by atoms with E-state index in [4.69, 9.17) is 9.84 Å². The summed E-state index contributed by atoms with van der Waals surface area (Å²) in [6.07, 6.45) is -0.149. The average molecular weight is 321 g/mol. The summed E-state index contributed by atoms with van der Waals surface area (Å²) in [5.41, 5.74) is 0.777. The van der Waals surface area contributed by atoms with Gasteiger partial charge in [0.05, 0.1) is 26.7 Å². The quantitative estimate of drug-likeness (QED) is 0.593. The zero-order valence-electron chi connectivity index (χ0n) is 12.7. The van der Waals surface area contributed by atoms with Crippen LogP contribution in [0.15, 0.2) is 24.3 Å². The second-order valence-corrected chi connectivity index (χ2v) is 5.05. The molecule has 1 aliphatic heterocycles. The lowest BCUT2D eigenvalue weighted by atomic mass is 10.1. The molecule has 1 fully saturated rings. The van der Waals surface area contributed by atoms with Crippen LogP contribution in [0.1, 0.15) is 12.0 Å². The number of methoxy groups -OCH3 is 1. The molecule has 124 valence electrons. The number of imide groups is 1. The van der Waals surface area contributed by atoms with Gasteiger partial charge in [0.1, 0.15) is 11.8 Å². The van der Waals surface area contributed by atoms with Crippen LogP contribution in [0.2, 0.25) is 0 Å². The van der Waals surface area contributed by atoms with E-state index in [2.05, 4.69) is 10.6 Å². The first kappa shape index (κ1) is 16.8. The normalized spacial score (nSPS) is 17.1. The summed E-state index contributed by atoms with van der Waals surface area (Å²) < 4.78 is 5.05. The highest BCUT2D eigenvalue weighted by Crippen LogP contribution is 2.16. The number of urea groups is 1. The molecule has 0 saturated carbocycles. The fourth-order valence-electron chi connectivity index (χ4n) is 2.23. The molecule has 0 bridgehead atoms. The van der Waals surface area contributed by atoms with E-state index in [-0.39, 0.29) is 26.1 Å². The number of benzene rings is 1. The number of carbonyl (C=O) groups is 3. The Morgan fingerprint density at radius 1 is 1.35 bits per heavy atom. The van der Waals surface area contributed by atoms with Gasteiger partial charge < -0.3 is 20.5 Å². The lowest BCUT2D eigenvalue weighted by Crippen LogP contribution is -2.37. The number of carbonyl (C=O) groups excluding carboxylic acids is 3. The third-order valence-corrected chi connectivity index (χ3v) is 3.43. The minimum absolute atomic E-state index is 0.114. The zero-order valence-corrected chi connectivity index (χ0v) is 12.7. The van der Waals surface area contributed by atoms with Crippen LogP contribution in [-0.2, 0) is 16.1 Å². The topological polar surface area (TPSA) is 108 Å². The maximum absolute atomic E-state index is 12.2. The minimum atomic E-state index is -0.876. The Morgan fingerprint density at radius 2 is 2.04 bits per heavy atom. The predicted molar refractivity (Wildman–Crippen MR) is 80.6 cm³/mol. The number of hydrogen-bond acceptors (Lipinski definition) is 5. The molecule has 1 aromatic rings. The van der Waals surface area contributed by atoms with Crippen molar-refractivity contribution in [3.05, 3.63) is 29.8 Å². The van der Waals surface area contributed by atoms with Crippen molar-refractivity contribution in [1.82, 2.24) is 15.5 Å². The molecule has 0 aromatic heterocycles. The molecule has 8 heteroatoms. The van der Waals surface area contributed by atoms with Crippen LogP contribution in [0.4, 0.5) is 4.79 Å². The van der Waals surface area contributed by atoms with E-state index in [1.807, 2.05) is 0 Å². The molecule has 2 rings (SSSR count). The van der Waals surface area contributed by atoms with Gasteiger partial charge in [0.15, 0.2) is 0 Å². The highest BCUT2D eigenvalue weighted by Gasteiger charge is 2.38. The molecular formula is C15H19N3O5. The first-order chi connectivity index (χ1) is 11.0. The number of nitrogens with one attached hydrogen (secondary N) is 2. The maximum Gasteiger partial charge on any atom is 0.325 e. The monoisotopic (exact) mass is 321 g/mol. The standard InChI is InChI=1S/C15H19N3O5/c1-23-11-4-2-10(3-5-11)9-18-14(21)12(17-15(18)22)8-13(20)16-6-7-19/h2-5,12,19H,6-9H2,1H3,(H,16,20)(H,17,22). The van der Waals surface area contributed by atoms with Gasteiger partial charge in [-0.25, -0.2) is 4.79 Å². The summed E-state index contributed by atoms with van der Waals surface area (Å²) in [4.78, 5) is 36.8. The highest BCUT2D eigenvalue weighted by atomic mass is 16.5. The summed E-state index contributed by atoms with van der Waals surface area (Å²) >= 11 is 0. The second kappa shape index (κ2) is 7.59. The summed E-state index contributed by atoms with van der Waals surface area (Å²) in [5.74, 6) is -0.154.